The molecule has 0 heterocycles. The molecule has 0 saturated heterocycles. The number of nitrogen functional groups attached to an aromatic ring is 1. The normalized spacial score (nSPS) is 15.4. The standard InChI is InChI=1S/C16H16FN/c17-12-8-9-15(16(18)10-12)14-7-2-1-6-13(14)11-4-3-5-11/h1-2,6-11H,3-5,18H2. The number of rotatable bonds is 2. The molecule has 18 heavy (non-hydrogen) atoms. The van der Waals surface area contributed by atoms with Gasteiger partial charge in [0.1, 0.15) is 5.82 Å². The van der Waals surface area contributed by atoms with Gasteiger partial charge in [0.15, 0.2) is 0 Å². The van der Waals surface area contributed by atoms with E-state index in [0.717, 1.165) is 11.1 Å². The second kappa shape index (κ2) is 4.45. The highest BCUT2D eigenvalue weighted by molar-refractivity contribution is 5.79. The summed E-state index contributed by atoms with van der Waals surface area (Å²) < 4.78 is 13.1. The predicted molar refractivity (Wildman–Crippen MR) is 72.8 cm³/mol. The van der Waals surface area contributed by atoms with Crippen LogP contribution in [0, 0.1) is 5.82 Å². The summed E-state index contributed by atoms with van der Waals surface area (Å²) in [6.07, 6.45) is 3.80. The first-order valence-corrected chi connectivity index (χ1v) is 6.40. The summed E-state index contributed by atoms with van der Waals surface area (Å²) in [6.45, 7) is 0. The molecule has 1 aliphatic rings. The van der Waals surface area contributed by atoms with E-state index in [2.05, 4.69) is 18.2 Å². The molecule has 0 amide bonds. The van der Waals surface area contributed by atoms with Crippen LogP contribution in [0.1, 0.15) is 30.7 Å². The van der Waals surface area contributed by atoms with Crippen LogP contribution in [-0.4, -0.2) is 0 Å². The van der Waals surface area contributed by atoms with Crippen LogP contribution in [-0.2, 0) is 0 Å². The Morgan fingerprint density at radius 1 is 1.00 bits per heavy atom. The fourth-order valence-corrected chi connectivity index (χ4v) is 2.60. The first-order chi connectivity index (χ1) is 8.75. The molecule has 0 radical (unpaired) electrons. The maximum atomic E-state index is 13.1. The number of nitrogens with two attached hydrogens (primary N) is 1. The van der Waals surface area contributed by atoms with Gasteiger partial charge in [0, 0.05) is 11.3 Å². The summed E-state index contributed by atoms with van der Waals surface area (Å²) in [5, 5.41) is 0. The molecular weight excluding hydrogens is 225 g/mol. The van der Waals surface area contributed by atoms with Crippen molar-refractivity contribution in [2.24, 2.45) is 0 Å². The van der Waals surface area contributed by atoms with Crippen molar-refractivity contribution in [3.63, 3.8) is 0 Å². The summed E-state index contributed by atoms with van der Waals surface area (Å²) in [5.74, 6) is 0.364. The zero-order valence-electron chi connectivity index (χ0n) is 10.2. The van der Waals surface area contributed by atoms with Gasteiger partial charge >= 0.3 is 0 Å². The topological polar surface area (TPSA) is 26.0 Å². The van der Waals surface area contributed by atoms with Crippen LogP contribution in [0.15, 0.2) is 42.5 Å². The van der Waals surface area contributed by atoms with Crippen molar-refractivity contribution in [3.8, 4) is 11.1 Å². The van der Waals surface area contributed by atoms with Crippen LogP contribution < -0.4 is 5.73 Å². The van der Waals surface area contributed by atoms with E-state index in [0.29, 0.717) is 11.6 Å². The minimum atomic E-state index is -0.280. The second-order valence-electron chi connectivity index (χ2n) is 4.95. The van der Waals surface area contributed by atoms with Gasteiger partial charge in [0.25, 0.3) is 0 Å². The van der Waals surface area contributed by atoms with Gasteiger partial charge in [0.05, 0.1) is 0 Å². The fourth-order valence-electron chi connectivity index (χ4n) is 2.60. The highest BCUT2D eigenvalue weighted by Crippen LogP contribution is 2.42. The largest absolute Gasteiger partial charge is 0.398 e. The summed E-state index contributed by atoms with van der Waals surface area (Å²) in [5.41, 5.74) is 9.90. The van der Waals surface area contributed by atoms with Gasteiger partial charge in [-0.2, -0.15) is 0 Å². The molecule has 0 atom stereocenters. The van der Waals surface area contributed by atoms with Gasteiger partial charge in [-0.05, 0) is 48.1 Å². The lowest BCUT2D eigenvalue weighted by molar-refractivity contribution is 0.420. The van der Waals surface area contributed by atoms with Crippen LogP contribution in [0.5, 0.6) is 0 Å². The fraction of sp³-hybridized carbons (Fsp3) is 0.250. The summed E-state index contributed by atoms with van der Waals surface area (Å²) in [4.78, 5) is 0. The third kappa shape index (κ3) is 1.88. The Hall–Kier alpha value is -1.83. The molecule has 2 aromatic rings. The van der Waals surface area contributed by atoms with Gasteiger partial charge in [-0.25, -0.2) is 4.39 Å². The van der Waals surface area contributed by atoms with Crippen molar-refractivity contribution < 1.29 is 4.39 Å². The highest BCUT2D eigenvalue weighted by Gasteiger charge is 2.22. The van der Waals surface area contributed by atoms with Crippen LogP contribution in [0.2, 0.25) is 0 Å². The lowest BCUT2D eigenvalue weighted by Gasteiger charge is -2.28. The van der Waals surface area contributed by atoms with E-state index in [-0.39, 0.29) is 5.82 Å². The molecule has 92 valence electrons. The van der Waals surface area contributed by atoms with Gasteiger partial charge in [-0.15, -0.1) is 0 Å². The zero-order valence-corrected chi connectivity index (χ0v) is 10.2. The maximum Gasteiger partial charge on any atom is 0.125 e. The minimum absolute atomic E-state index is 0.280. The smallest absolute Gasteiger partial charge is 0.125 e. The predicted octanol–water partition coefficient (Wildman–Crippen LogP) is 4.34. The Morgan fingerprint density at radius 3 is 2.44 bits per heavy atom. The Balaban J connectivity index is 2.10. The number of hydrogen-bond donors (Lipinski definition) is 1. The molecular formula is C16H16FN. The molecule has 0 unspecified atom stereocenters. The first kappa shape index (κ1) is 11.3. The van der Waals surface area contributed by atoms with Crippen molar-refractivity contribution in [2.45, 2.75) is 25.2 Å². The van der Waals surface area contributed by atoms with Crippen LogP contribution in [0.4, 0.5) is 10.1 Å². The quantitative estimate of drug-likeness (QED) is 0.777. The average Bonchev–Trinajstić information content (AvgIpc) is 2.28. The average molecular weight is 241 g/mol. The molecule has 1 aliphatic carbocycles. The van der Waals surface area contributed by atoms with E-state index in [1.165, 1.54) is 37.0 Å². The van der Waals surface area contributed by atoms with Gasteiger partial charge in [-0.1, -0.05) is 30.7 Å². The molecule has 2 N–H and O–H groups in total. The molecule has 3 rings (SSSR count). The summed E-state index contributed by atoms with van der Waals surface area (Å²) in [6, 6.07) is 13.0. The van der Waals surface area contributed by atoms with Crippen molar-refractivity contribution in [1.82, 2.24) is 0 Å². The molecule has 0 aliphatic heterocycles. The zero-order chi connectivity index (χ0) is 12.5. The molecule has 0 bridgehead atoms. The van der Waals surface area contributed by atoms with Crippen LogP contribution in [0.3, 0.4) is 0 Å². The van der Waals surface area contributed by atoms with Crippen molar-refractivity contribution >= 4 is 5.69 Å². The molecule has 1 fully saturated rings. The first-order valence-electron chi connectivity index (χ1n) is 6.40. The van der Waals surface area contributed by atoms with Crippen molar-refractivity contribution in [2.75, 3.05) is 5.73 Å². The molecule has 2 heteroatoms. The van der Waals surface area contributed by atoms with Gasteiger partial charge in [-0.3, -0.25) is 0 Å². The number of benzene rings is 2. The Kier molecular flexibility index (Phi) is 2.78. The summed E-state index contributed by atoms with van der Waals surface area (Å²) in [7, 11) is 0. The van der Waals surface area contributed by atoms with E-state index >= 15 is 0 Å². The van der Waals surface area contributed by atoms with Crippen molar-refractivity contribution in [3.05, 3.63) is 53.8 Å². The maximum absolute atomic E-state index is 13.1. The molecule has 1 nitrogen and oxygen atoms in total. The lowest BCUT2D eigenvalue weighted by Crippen LogP contribution is -2.10. The molecule has 2 aromatic carbocycles. The Bertz CT molecular complexity index is 573. The van der Waals surface area contributed by atoms with E-state index in [4.69, 9.17) is 5.73 Å². The molecule has 0 aromatic heterocycles. The van der Waals surface area contributed by atoms with Gasteiger partial charge in [0.2, 0.25) is 0 Å². The van der Waals surface area contributed by atoms with Crippen LogP contribution in [0.25, 0.3) is 11.1 Å². The van der Waals surface area contributed by atoms with Gasteiger partial charge < -0.3 is 5.73 Å². The third-order valence-electron chi connectivity index (χ3n) is 3.81. The monoisotopic (exact) mass is 241 g/mol. The number of halogens is 1. The lowest BCUT2D eigenvalue weighted by atomic mass is 9.77. The van der Waals surface area contributed by atoms with E-state index in [1.807, 2.05) is 6.07 Å². The third-order valence-corrected chi connectivity index (χ3v) is 3.81. The van der Waals surface area contributed by atoms with E-state index < -0.39 is 0 Å². The Labute approximate surface area is 106 Å². The van der Waals surface area contributed by atoms with E-state index in [1.54, 1.807) is 6.07 Å². The number of hydrogen-bond acceptors (Lipinski definition) is 1. The molecule has 1 saturated carbocycles. The minimum Gasteiger partial charge on any atom is -0.398 e. The Morgan fingerprint density at radius 2 is 1.78 bits per heavy atom. The van der Waals surface area contributed by atoms with E-state index in [9.17, 15) is 4.39 Å². The van der Waals surface area contributed by atoms with Crippen LogP contribution >= 0.6 is 0 Å². The number of anilines is 1. The molecule has 0 spiro atoms. The second-order valence-corrected chi connectivity index (χ2v) is 4.95. The summed E-state index contributed by atoms with van der Waals surface area (Å²) >= 11 is 0. The highest BCUT2D eigenvalue weighted by atomic mass is 19.1. The van der Waals surface area contributed by atoms with Crippen molar-refractivity contribution in [1.29, 1.82) is 0 Å². The SMILES string of the molecule is Nc1cc(F)ccc1-c1ccccc1C1CCC1.